The van der Waals surface area contributed by atoms with Crippen molar-refractivity contribution in [3.63, 3.8) is 0 Å². The number of rotatable bonds is 6. The zero-order valence-electron chi connectivity index (χ0n) is 13.3. The summed E-state index contributed by atoms with van der Waals surface area (Å²) >= 11 is 7.12. The van der Waals surface area contributed by atoms with Crippen LogP contribution in [-0.2, 0) is 4.79 Å². The van der Waals surface area contributed by atoms with E-state index in [1.807, 2.05) is 19.1 Å². The maximum Gasteiger partial charge on any atom is 0.230 e. The van der Waals surface area contributed by atoms with Crippen LogP contribution in [0.25, 0.3) is 11.4 Å². The minimum Gasteiger partial charge on any atom is -0.353 e. The molecule has 8 heteroatoms. The number of nitrogens with one attached hydrogen (secondary N) is 1. The predicted octanol–water partition coefficient (Wildman–Crippen LogP) is 2.57. The lowest BCUT2D eigenvalue weighted by atomic mass is 10.1. The number of carbonyl (C=O) groups excluding carboxylic acids is 1. The molecule has 2 aromatic rings. The Morgan fingerprint density at radius 1 is 1.30 bits per heavy atom. The number of carbonyl (C=O) groups is 1. The third kappa shape index (κ3) is 4.62. The monoisotopic (exact) mass is 353 g/mol. The largest absolute Gasteiger partial charge is 0.353 e. The van der Waals surface area contributed by atoms with Crippen LogP contribution in [0.4, 0.5) is 0 Å². The van der Waals surface area contributed by atoms with Gasteiger partial charge in [0.1, 0.15) is 0 Å². The summed E-state index contributed by atoms with van der Waals surface area (Å²) in [5, 5.41) is 12.2. The SMILES string of the molecule is CC(C)C(C)NC(=O)CSc1nnc(-c2ccc(Cl)cc2)n1N. The summed E-state index contributed by atoms with van der Waals surface area (Å²) in [6, 6.07) is 7.30. The molecule has 3 N–H and O–H groups in total. The molecule has 0 fully saturated rings. The van der Waals surface area contributed by atoms with Crippen LogP contribution in [-0.4, -0.2) is 32.6 Å². The molecule has 0 aliphatic rings. The number of aromatic nitrogens is 3. The third-order valence-electron chi connectivity index (χ3n) is 3.49. The van der Waals surface area contributed by atoms with Crippen molar-refractivity contribution in [2.24, 2.45) is 5.92 Å². The van der Waals surface area contributed by atoms with E-state index in [0.717, 1.165) is 5.56 Å². The second-order valence-corrected chi connectivity index (χ2v) is 6.95. The molecule has 0 saturated heterocycles. The van der Waals surface area contributed by atoms with Gasteiger partial charge in [-0.2, -0.15) is 0 Å². The van der Waals surface area contributed by atoms with E-state index in [9.17, 15) is 4.79 Å². The van der Waals surface area contributed by atoms with Gasteiger partial charge in [-0.1, -0.05) is 37.2 Å². The highest BCUT2D eigenvalue weighted by Gasteiger charge is 2.15. The number of amides is 1. The number of benzene rings is 1. The van der Waals surface area contributed by atoms with E-state index in [-0.39, 0.29) is 17.7 Å². The Morgan fingerprint density at radius 3 is 2.57 bits per heavy atom. The van der Waals surface area contributed by atoms with Crippen molar-refractivity contribution in [2.45, 2.75) is 32.0 Å². The molecule has 0 aliphatic heterocycles. The second kappa shape index (κ2) is 7.70. The summed E-state index contributed by atoms with van der Waals surface area (Å²) < 4.78 is 1.38. The number of halogens is 1. The standard InChI is InChI=1S/C15H20ClN5OS/c1-9(2)10(3)18-13(22)8-23-15-20-19-14(21(15)17)11-4-6-12(16)7-5-11/h4-7,9-10H,8,17H2,1-3H3,(H,18,22). The van der Waals surface area contributed by atoms with Crippen LogP contribution in [0.2, 0.25) is 5.02 Å². The van der Waals surface area contributed by atoms with Crippen molar-refractivity contribution in [1.82, 2.24) is 20.2 Å². The zero-order chi connectivity index (χ0) is 17.0. The summed E-state index contributed by atoms with van der Waals surface area (Å²) in [4.78, 5) is 11.9. The summed E-state index contributed by atoms with van der Waals surface area (Å²) in [5.74, 6) is 7.12. The van der Waals surface area contributed by atoms with E-state index < -0.39 is 0 Å². The fourth-order valence-electron chi connectivity index (χ4n) is 1.76. The maximum atomic E-state index is 11.9. The Hall–Kier alpha value is -1.73. The van der Waals surface area contributed by atoms with Crippen LogP contribution in [0.15, 0.2) is 29.4 Å². The van der Waals surface area contributed by atoms with Crippen LogP contribution in [0, 0.1) is 5.92 Å². The highest BCUT2D eigenvalue weighted by Crippen LogP contribution is 2.22. The van der Waals surface area contributed by atoms with Gasteiger partial charge < -0.3 is 11.2 Å². The second-order valence-electron chi connectivity index (χ2n) is 5.57. The van der Waals surface area contributed by atoms with Crippen LogP contribution >= 0.6 is 23.4 Å². The number of nitrogens with two attached hydrogens (primary N) is 1. The molecular weight excluding hydrogens is 334 g/mol. The van der Waals surface area contributed by atoms with Crippen LogP contribution < -0.4 is 11.2 Å². The van der Waals surface area contributed by atoms with E-state index in [0.29, 0.717) is 21.9 Å². The van der Waals surface area contributed by atoms with E-state index in [1.54, 1.807) is 12.1 Å². The van der Waals surface area contributed by atoms with E-state index in [4.69, 9.17) is 17.4 Å². The fourth-order valence-corrected chi connectivity index (χ4v) is 2.56. The first-order chi connectivity index (χ1) is 10.9. The van der Waals surface area contributed by atoms with E-state index in [2.05, 4.69) is 29.4 Å². The van der Waals surface area contributed by atoms with Crippen molar-refractivity contribution >= 4 is 29.3 Å². The Labute approximate surface area is 144 Å². The van der Waals surface area contributed by atoms with Crippen LogP contribution in [0.3, 0.4) is 0 Å². The van der Waals surface area contributed by atoms with E-state index >= 15 is 0 Å². The maximum absolute atomic E-state index is 11.9. The first kappa shape index (κ1) is 17.6. The highest BCUT2D eigenvalue weighted by atomic mass is 35.5. The number of hydrogen-bond acceptors (Lipinski definition) is 5. The zero-order valence-corrected chi connectivity index (χ0v) is 14.9. The highest BCUT2D eigenvalue weighted by molar-refractivity contribution is 7.99. The molecule has 1 atom stereocenters. The lowest BCUT2D eigenvalue weighted by Crippen LogP contribution is -2.37. The van der Waals surface area contributed by atoms with Crippen molar-refractivity contribution in [3.8, 4) is 11.4 Å². The van der Waals surface area contributed by atoms with Gasteiger partial charge in [-0.05, 0) is 37.1 Å². The summed E-state index contributed by atoms with van der Waals surface area (Å²) in [5.41, 5.74) is 0.814. The lowest BCUT2D eigenvalue weighted by molar-refractivity contribution is -0.119. The Morgan fingerprint density at radius 2 is 1.96 bits per heavy atom. The van der Waals surface area contributed by atoms with Gasteiger partial charge in [-0.3, -0.25) is 4.79 Å². The van der Waals surface area contributed by atoms with Crippen molar-refractivity contribution < 1.29 is 4.79 Å². The Bertz CT molecular complexity index is 671. The molecule has 1 aromatic heterocycles. The summed E-state index contributed by atoms with van der Waals surface area (Å²) in [7, 11) is 0. The minimum absolute atomic E-state index is 0.0488. The van der Waals surface area contributed by atoms with Crippen molar-refractivity contribution in [1.29, 1.82) is 0 Å². The van der Waals surface area contributed by atoms with E-state index in [1.165, 1.54) is 16.4 Å². The number of nitrogen functional groups attached to an aromatic ring is 1. The number of nitrogens with zero attached hydrogens (tertiary/aromatic N) is 3. The minimum atomic E-state index is -0.0488. The first-order valence-corrected chi connectivity index (χ1v) is 8.63. The molecule has 0 spiro atoms. The molecule has 0 aliphatic carbocycles. The van der Waals surface area contributed by atoms with Gasteiger partial charge in [0, 0.05) is 16.6 Å². The molecule has 23 heavy (non-hydrogen) atoms. The molecular formula is C15H20ClN5OS. The summed E-state index contributed by atoms with van der Waals surface area (Å²) in [6.45, 7) is 6.11. The van der Waals surface area contributed by atoms with Gasteiger partial charge in [0.25, 0.3) is 0 Å². The molecule has 0 radical (unpaired) electrons. The Balaban J connectivity index is 2.00. The molecule has 1 unspecified atom stereocenters. The summed E-state index contributed by atoms with van der Waals surface area (Å²) in [6.07, 6.45) is 0. The number of hydrogen-bond donors (Lipinski definition) is 2. The van der Waals surface area contributed by atoms with Gasteiger partial charge >= 0.3 is 0 Å². The Kier molecular flexibility index (Phi) is 5.90. The predicted molar refractivity (Wildman–Crippen MR) is 93.8 cm³/mol. The van der Waals surface area contributed by atoms with Crippen molar-refractivity contribution in [2.75, 3.05) is 11.6 Å². The average molecular weight is 354 g/mol. The fraction of sp³-hybridized carbons (Fsp3) is 0.400. The molecule has 2 rings (SSSR count). The van der Waals surface area contributed by atoms with Gasteiger partial charge in [-0.25, -0.2) is 4.68 Å². The average Bonchev–Trinajstić information content (AvgIpc) is 2.87. The van der Waals surface area contributed by atoms with Gasteiger partial charge in [0.15, 0.2) is 5.82 Å². The molecule has 1 aromatic carbocycles. The molecule has 0 saturated carbocycles. The van der Waals surface area contributed by atoms with Gasteiger partial charge in [0.2, 0.25) is 11.1 Å². The quantitative estimate of drug-likeness (QED) is 0.615. The van der Waals surface area contributed by atoms with Gasteiger partial charge in [-0.15, -0.1) is 10.2 Å². The van der Waals surface area contributed by atoms with Gasteiger partial charge in [0.05, 0.1) is 5.75 Å². The van der Waals surface area contributed by atoms with Crippen LogP contribution in [0.5, 0.6) is 0 Å². The number of thioether (sulfide) groups is 1. The smallest absolute Gasteiger partial charge is 0.230 e. The molecule has 1 amide bonds. The van der Waals surface area contributed by atoms with Crippen LogP contribution in [0.1, 0.15) is 20.8 Å². The topological polar surface area (TPSA) is 85.8 Å². The first-order valence-electron chi connectivity index (χ1n) is 7.27. The normalized spacial score (nSPS) is 12.4. The molecule has 1 heterocycles. The van der Waals surface area contributed by atoms with Crippen molar-refractivity contribution in [3.05, 3.63) is 29.3 Å². The lowest BCUT2D eigenvalue weighted by Gasteiger charge is -2.16. The molecule has 6 nitrogen and oxygen atoms in total. The third-order valence-corrected chi connectivity index (χ3v) is 4.68. The molecule has 124 valence electrons. The molecule has 0 bridgehead atoms.